The zero-order chi connectivity index (χ0) is 17.6. The van der Waals surface area contributed by atoms with Crippen molar-refractivity contribution in [2.24, 2.45) is 0 Å². The molecule has 130 valence electrons. The second kappa shape index (κ2) is 9.78. The number of hydrogen-bond donors (Lipinski definition) is 2. The SMILES string of the molecule is CCOc1cccc(CNC(Cc2c[nH]c3ccccc23)C(=O)[O-])c1.[Na+]. The van der Waals surface area contributed by atoms with E-state index in [2.05, 4.69) is 10.3 Å². The van der Waals surface area contributed by atoms with Gasteiger partial charge in [0.15, 0.2) is 0 Å². The van der Waals surface area contributed by atoms with E-state index in [1.807, 2.05) is 61.7 Å². The van der Waals surface area contributed by atoms with Crippen LogP contribution in [0.25, 0.3) is 10.9 Å². The third kappa shape index (κ3) is 5.11. The smallest absolute Gasteiger partial charge is 0.548 e. The first-order chi connectivity index (χ1) is 12.2. The number of rotatable bonds is 8. The quantitative estimate of drug-likeness (QED) is 0.507. The van der Waals surface area contributed by atoms with E-state index < -0.39 is 12.0 Å². The van der Waals surface area contributed by atoms with Gasteiger partial charge >= 0.3 is 29.6 Å². The number of aromatic nitrogens is 1. The minimum absolute atomic E-state index is 0. The fourth-order valence-electron chi connectivity index (χ4n) is 2.91. The third-order valence-corrected chi connectivity index (χ3v) is 4.15. The molecule has 1 heterocycles. The number of nitrogens with one attached hydrogen (secondary N) is 2. The van der Waals surface area contributed by atoms with Crippen LogP contribution in [0.1, 0.15) is 18.1 Å². The van der Waals surface area contributed by atoms with Gasteiger partial charge in [0, 0.05) is 23.6 Å². The van der Waals surface area contributed by atoms with Crippen LogP contribution in [0.3, 0.4) is 0 Å². The Kier molecular flexibility index (Phi) is 7.72. The first-order valence-electron chi connectivity index (χ1n) is 8.38. The monoisotopic (exact) mass is 360 g/mol. The van der Waals surface area contributed by atoms with E-state index in [1.54, 1.807) is 0 Å². The molecule has 2 N–H and O–H groups in total. The number of benzene rings is 2. The van der Waals surface area contributed by atoms with Gasteiger partial charge in [-0.1, -0.05) is 30.3 Å². The summed E-state index contributed by atoms with van der Waals surface area (Å²) in [6.45, 7) is 2.96. The number of ether oxygens (including phenoxy) is 1. The molecule has 5 nitrogen and oxygen atoms in total. The fourth-order valence-corrected chi connectivity index (χ4v) is 2.91. The van der Waals surface area contributed by atoms with Crippen LogP contribution in [0, 0.1) is 0 Å². The van der Waals surface area contributed by atoms with Crippen LogP contribution >= 0.6 is 0 Å². The first kappa shape index (κ1) is 20.5. The maximum absolute atomic E-state index is 11.5. The minimum Gasteiger partial charge on any atom is -0.548 e. The number of carboxylic acids is 1. The number of hydrogen-bond acceptors (Lipinski definition) is 4. The van der Waals surface area contributed by atoms with Gasteiger partial charge in [-0.2, -0.15) is 0 Å². The van der Waals surface area contributed by atoms with Gasteiger partial charge in [-0.15, -0.1) is 0 Å². The number of carbonyl (C=O) groups is 1. The number of carboxylic acid groups (broad SMARTS) is 1. The molecular weight excluding hydrogens is 339 g/mol. The summed E-state index contributed by atoms with van der Waals surface area (Å²) in [6.07, 6.45) is 2.22. The van der Waals surface area contributed by atoms with Gasteiger partial charge in [0.2, 0.25) is 0 Å². The topological polar surface area (TPSA) is 77.2 Å². The molecule has 0 aliphatic heterocycles. The van der Waals surface area contributed by atoms with Crippen LogP contribution in [-0.4, -0.2) is 23.6 Å². The van der Waals surface area contributed by atoms with Gasteiger partial charge < -0.3 is 24.9 Å². The molecule has 0 aliphatic rings. The zero-order valence-corrected chi connectivity index (χ0v) is 17.1. The number of aliphatic carboxylic acids is 1. The van der Waals surface area contributed by atoms with Crippen LogP contribution < -0.4 is 44.7 Å². The number of para-hydroxylation sites is 1. The van der Waals surface area contributed by atoms with Crippen molar-refractivity contribution < 1.29 is 44.2 Å². The molecule has 0 fully saturated rings. The molecule has 6 heteroatoms. The summed E-state index contributed by atoms with van der Waals surface area (Å²) in [5.74, 6) is -0.324. The maximum Gasteiger partial charge on any atom is 1.00 e. The van der Waals surface area contributed by atoms with Crippen molar-refractivity contribution in [1.29, 1.82) is 0 Å². The Hall–Kier alpha value is -1.79. The predicted molar refractivity (Wildman–Crippen MR) is 95.2 cm³/mol. The molecule has 0 amide bonds. The predicted octanol–water partition coefficient (Wildman–Crippen LogP) is -0.979. The van der Waals surface area contributed by atoms with E-state index >= 15 is 0 Å². The van der Waals surface area contributed by atoms with E-state index in [0.29, 0.717) is 19.6 Å². The molecule has 0 bridgehead atoms. The van der Waals surface area contributed by atoms with E-state index in [4.69, 9.17) is 4.74 Å². The normalized spacial score (nSPS) is 11.7. The summed E-state index contributed by atoms with van der Waals surface area (Å²) in [4.78, 5) is 14.7. The van der Waals surface area contributed by atoms with Crippen LogP contribution in [0.5, 0.6) is 5.75 Å². The molecule has 1 unspecified atom stereocenters. The summed E-state index contributed by atoms with van der Waals surface area (Å²) in [7, 11) is 0. The van der Waals surface area contributed by atoms with Crippen molar-refractivity contribution in [3.63, 3.8) is 0 Å². The summed E-state index contributed by atoms with van der Waals surface area (Å²) in [5, 5.41) is 15.7. The third-order valence-electron chi connectivity index (χ3n) is 4.15. The van der Waals surface area contributed by atoms with Crippen molar-refractivity contribution in [2.45, 2.75) is 25.9 Å². The molecule has 2 aromatic carbocycles. The Labute approximate surface area is 175 Å². The number of fused-ring (bicyclic) bond motifs is 1. The summed E-state index contributed by atoms with van der Waals surface area (Å²) >= 11 is 0. The minimum atomic E-state index is -1.11. The summed E-state index contributed by atoms with van der Waals surface area (Å²) in [5.41, 5.74) is 2.93. The van der Waals surface area contributed by atoms with Gasteiger partial charge in [-0.25, -0.2) is 0 Å². The largest absolute Gasteiger partial charge is 1.00 e. The molecule has 0 radical (unpaired) electrons. The van der Waals surface area contributed by atoms with Gasteiger partial charge in [-0.05, 0) is 42.7 Å². The number of H-pyrrole nitrogens is 1. The average Bonchev–Trinajstić information content (AvgIpc) is 3.02. The Morgan fingerprint density at radius 2 is 2.04 bits per heavy atom. The fraction of sp³-hybridized carbons (Fsp3) is 0.250. The molecule has 3 rings (SSSR count). The molecule has 0 spiro atoms. The Bertz CT molecular complexity index is 863. The second-order valence-electron chi connectivity index (χ2n) is 5.90. The zero-order valence-electron chi connectivity index (χ0n) is 15.1. The van der Waals surface area contributed by atoms with Crippen LogP contribution in [0.4, 0.5) is 0 Å². The van der Waals surface area contributed by atoms with Crippen molar-refractivity contribution in [3.05, 3.63) is 65.9 Å². The molecule has 0 saturated heterocycles. The molecule has 0 saturated carbocycles. The number of carbonyl (C=O) groups excluding carboxylic acids is 1. The summed E-state index contributed by atoms with van der Waals surface area (Å²) in [6, 6.07) is 14.7. The molecule has 1 aromatic heterocycles. The van der Waals surface area contributed by atoms with E-state index in [9.17, 15) is 9.90 Å². The van der Waals surface area contributed by atoms with Crippen LogP contribution in [-0.2, 0) is 17.8 Å². The summed E-state index contributed by atoms with van der Waals surface area (Å²) < 4.78 is 5.47. The molecular formula is C20H21N2NaO3. The maximum atomic E-state index is 11.5. The Morgan fingerprint density at radius 3 is 2.81 bits per heavy atom. The van der Waals surface area contributed by atoms with Gasteiger partial charge in [0.05, 0.1) is 18.6 Å². The van der Waals surface area contributed by atoms with Gasteiger partial charge in [-0.3, -0.25) is 0 Å². The van der Waals surface area contributed by atoms with Crippen molar-refractivity contribution in [3.8, 4) is 5.75 Å². The van der Waals surface area contributed by atoms with Crippen molar-refractivity contribution in [2.75, 3.05) is 6.61 Å². The Morgan fingerprint density at radius 1 is 1.23 bits per heavy atom. The standard InChI is InChI=1S/C20H22N2O3.Na/c1-2-25-16-7-5-6-14(10-16)12-21-19(20(23)24)11-15-13-22-18-9-4-3-8-17(15)18;/h3-10,13,19,21-22H,2,11-12H2,1H3,(H,23,24);/q;+1/p-1. The van der Waals surface area contributed by atoms with E-state index in [1.165, 1.54) is 0 Å². The van der Waals surface area contributed by atoms with Crippen LogP contribution in [0.2, 0.25) is 0 Å². The molecule has 1 atom stereocenters. The molecule has 3 aromatic rings. The Balaban J connectivity index is 0.00000243. The number of aromatic amines is 1. The van der Waals surface area contributed by atoms with Crippen molar-refractivity contribution >= 4 is 16.9 Å². The molecule has 0 aliphatic carbocycles. The second-order valence-corrected chi connectivity index (χ2v) is 5.90. The van der Waals surface area contributed by atoms with Gasteiger partial charge in [0.25, 0.3) is 0 Å². The average molecular weight is 360 g/mol. The first-order valence-corrected chi connectivity index (χ1v) is 8.38. The van der Waals surface area contributed by atoms with Gasteiger partial charge in [0.1, 0.15) is 5.75 Å². The molecule has 26 heavy (non-hydrogen) atoms. The van der Waals surface area contributed by atoms with E-state index in [0.717, 1.165) is 27.8 Å². The van der Waals surface area contributed by atoms with Crippen LogP contribution in [0.15, 0.2) is 54.7 Å². The van der Waals surface area contributed by atoms with Crippen molar-refractivity contribution in [1.82, 2.24) is 10.3 Å². The van der Waals surface area contributed by atoms with E-state index in [-0.39, 0.29) is 29.6 Å².